The molecule has 3 heterocycles. The van der Waals surface area contributed by atoms with Crippen molar-refractivity contribution in [3.05, 3.63) is 53.5 Å². The summed E-state index contributed by atoms with van der Waals surface area (Å²) >= 11 is 0. The number of carbonyl (C=O) groups excluding carboxylic acids is 1. The Hall–Kier alpha value is -3.07. The summed E-state index contributed by atoms with van der Waals surface area (Å²) in [5, 5.41) is 17.9. The quantitative estimate of drug-likeness (QED) is 0.719. The van der Waals surface area contributed by atoms with Crippen molar-refractivity contribution in [1.82, 2.24) is 40.2 Å². The fourth-order valence-electron chi connectivity index (χ4n) is 4.13. The van der Waals surface area contributed by atoms with E-state index in [0.717, 1.165) is 25.9 Å². The number of carbonyl (C=O) groups is 1. The molecule has 1 aliphatic heterocycles. The van der Waals surface area contributed by atoms with Gasteiger partial charge in [-0.25, -0.2) is 0 Å². The fraction of sp³-hybridized carbons (Fsp3) is 0.389. The number of nitrogens with zero attached hydrogens (tertiary/aromatic N) is 7. The van der Waals surface area contributed by atoms with Crippen LogP contribution in [0.2, 0.25) is 0 Å². The van der Waals surface area contributed by atoms with Gasteiger partial charge in [0.15, 0.2) is 5.82 Å². The summed E-state index contributed by atoms with van der Waals surface area (Å²) < 4.78 is 1.42. The SMILES string of the molecule is O=C(c1cn[nH]c1-n1cnnn1)N1CCN(C2Cc3ccccc3C2)CC1. The smallest absolute Gasteiger partial charge is 0.259 e. The Morgan fingerprint density at radius 2 is 1.81 bits per heavy atom. The number of aromatic nitrogens is 6. The van der Waals surface area contributed by atoms with Crippen LogP contribution in [0.3, 0.4) is 0 Å². The highest BCUT2D eigenvalue weighted by molar-refractivity contribution is 5.97. The van der Waals surface area contributed by atoms with Crippen LogP contribution in [0.25, 0.3) is 5.82 Å². The number of nitrogens with one attached hydrogen (secondary N) is 1. The first-order valence-corrected chi connectivity index (χ1v) is 9.16. The molecule has 0 spiro atoms. The third-order valence-electron chi connectivity index (χ3n) is 5.58. The molecule has 27 heavy (non-hydrogen) atoms. The molecule has 2 aromatic heterocycles. The Labute approximate surface area is 156 Å². The Morgan fingerprint density at radius 1 is 1.07 bits per heavy atom. The van der Waals surface area contributed by atoms with E-state index >= 15 is 0 Å². The second-order valence-electron chi connectivity index (χ2n) is 7.05. The first-order valence-electron chi connectivity index (χ1n) is 9.16. The summed E-state index contributed by atoms with van der Waals surface area (Å²) in [6.45, 7) is 3.21. The van der Waals surface area contributed by atoms with Gasteiger partial charge in [-0.3, -0.25) is 14.8 Å². The topological polar surface area (TPSA) is 95.8 Å². The van der Waals surface area contributed by atoms with Gasteiger partial charge in [-0.1, -0.05) is 24.3 Å². The van der Waals surface area contributed by atoms with Crippen molar-refractivity contribution in [2.45, 2.75) is 18.9 Å². The molecule has 1 amide bonds. The van der Waals surface area contributed by atoms with E-state index in [2.05, 4.69) is 54.9 Å². The Kier molecular flexibility index (Phi) is 3.93. The van der Waals surface area contributed by atoms with E-state index in [1.54, 1.807) is 6.20 Å². The van der Waals surface area contributed by atoms with Crippen molar-refractivity contribution < 1.29 is 4.79 Å². The second-order valence-corrected chi connectivity index (χ2v) is 7.05. The first-order chi connectivity index (χ1) is 13.3. The van der Waals surface area contributed by atoms with Gasteiger partial charge in [0.2, 0.25) is 0 Å². The van der Waals surface area contributed by atoms with Gasteiger partial charge in [0, 0.05) is 32.2 Å². The zero-order valence-electron chi connectivity index (χ0n) is 14.8. The number of hydrogen-bond donors (Lipinski definition) is 1. The summed E-state index contributed by atoms with van der Waals surface area (Å²) in [6.07, 6.45) is 5.20. The normalized spacial score (nSPS) is 18.0. The van der Waals surface area contributed by atoms with Gasteiger partial charge in [-0.2, -0.15) is 9.78 Å². The van der Waals surface area contributed by atoms with Gasteiger partial charge in [0.25, 0.3) is 5.91 Å². The van der Waals surface area contributed by atoms with Gasteiger partial charge in [-0.05, 0) is 34.4 Å². The maximum absolute atomic E-state index is 12.9. The van der Waals surface area contributed by atoms with Crippen LogP contribution in [0, 0.1) is 0 Å². The monoisotopic (exact) mass is 364 g/mol. The predicted molar refractivity (Wildman–Crippen MR) is 96.4 cm³/mol. The highest BCUT2D eigenvalue weighted by atomic mass is 16.2. The van der Waals surface area contributed by atoms with Crippen LogP contribution >= 0.6 is 0 Å². The molecule has 5 rings (SSSR count). The van der Waals surface area contributed by atoms with Crippen LogP contribution in [-0.2, 0) is 12.8 Å². The highest BCUT2D eigenvalue weighted by Crippen LogP contribution is 2.26. The molecule has 1 aliphatic carbocycles. The molecule has 1 saturated heterocycles. The third-order valence-corrected chi connectivity index (χ3v) is 5.58. The van der Waals surface area contributed by atoms with Gasteiger partial charge >= 0.3 is 0 Å². The van der Waals surface area contributed by atoms with Crippen molar-refractivity contribution in [3.63, 3.8) is 0 Å². The van der Waals surface area contributed by atoms with E-state index in [0.29, 0.717) is 30.5 Å². The average Bonchev–Trinajstić information content (AvgIpc) is 3.47. The standard InChI is InChI=1S/C18H20N8O/c27-18(16-11-19-21-17(16)26-12-20-22-23-26)25-7-5-24(6-8-25)15-9-13-3-1-2-4-14(13)10-15/h1-4,11-12,15H,5-10H2,(H,19,21). The molecular weight excluding hydrogens is 344 g/mol. The number of H-pyrrole nitrogens is 1. The minimum atomic E-state index is -0.0383. The van der Waals surface area contributed by atoms with Crippen LogP contribution in [0.5, 0.6) is 0 Å². The van der Waals surface area contributed by atoms with Crippen molar-refractivity contribution in [1.29, 1.82) is 0 Å². The van der Waals surface area contributed by atoms with Crippen LogP contribution in [0.1, 0.15) is 21.5 Å². The van der Waals surface area contributed by atoms with Crippen molar-refractivity contribution in [3.8, 4) is 5.82 Å². The molecule has 0 radical (unpaired) electrons. The molecule has 138 valence electrons. The summed E-state index contributed by atoms with van der Waals surface area (Å²) in [4.78, 5) is 17.4. The van der Waals surface area contributed by atoms with E-state index in [-0.39, 0.29) is 5.91 Å². The fourth-order valence-corrected chi connectivity index (χ4v) is 4.13. The van der Waals surface area contributed by atoms with Crippen LogP contribution in [0.4, 0.5) is 0 Å². The molecule has 0 atom stereocenters. The Bertz CT molecular complexity index is 917. The number of benzene rings is 1. The summed E-state index contributed by atoms with van der Waals surface area (Å²) in [6, 6.07) is 9.24. The lowest BCUT2D eigenvalue weighted by atomic mass is 10.1. The Morgan fingerprint density at radius 3 is 2.48 bits per heavy atom. The van der Waals surface area contributed by atoms with E-state index in [9.17, 15) is 4.79 Å². The van der Waals surface area contributed by atoms with Gasteiger partial charge in [0.1, 0.15) is 11.9 Å². The molecule has 9 heteroatoms. The minimum absolute atomic E-state index is 0.0383. The maximum atomic E-state index is 12.9. The summed E-state index contributed by atoms with van der Waals surface area (Å²) in [7, 11) is 0. The molecule has 2 aliphatic rings. The van der Waals surface area contributed by atoms with Crippen molar-refractivity contribution in [2.75, 3.05) is 26.2 Å². The lowest BCUT2D eigenvalue weighted by Crippen LogP contribution is -2.52. The van der Waals surface area contributed by atoms with Crippen LogP contribution in [0.15, 0.2) is 36.8 Å². The van der Waals surface area contributed by atoms with E-state index in [1.807, 2.05) is 4.90 Å². The molecule has 9 nitrogen and oxygen atoms in total. The van der Waals surface area contributed by atoms with Gasteiger partial charge < -0.3 is 4.90 Å². The first kappa shape index (κ1) is 16.1. The number of rotatable bonds is 3. The number of amides is 1. The Balaban J connectivity index is 1.24. The third kappa shape index (κ3) is 2.89. The van der Waals surface area contributed by atoms with E-state index in [1.165, 1.54) is 22.1 Å². The number of piperazine rings is 1. The summed E-state index contributed by atoms with van der Waals surface area (Å²) in [5.41, 5.74) is 3.42. The number of tetrazole rings is 1. The molecule has 1 N–H and O–H groups in total. The minimum Gasteiger partial charge on any atom is -0.336 e. The largest absolute Gasteiger partial charge is 0.336 e. The van der Waals surface area contributed by atoms with Gasteiger partial charge in [-0.15, -0.1) is 5.10 Å². The predicted octanol–water partition coefficient (Wildman–Crippen LogP) is 0.311. The number of aromatic amines is 1. The molecule has 0 unspecified atom stereocenters. The van der Waals surface area contributed by atoms with Gasteiger partial charge in [0.05, 0.1) is 6.20 Å². The zero-order chi connectivity index (χ0) is 18.2. The van der Waals surface area contributed by atoms with Crippen LogP contribution in [-0.4, -0.2) is 78.3 Å². The van der Waals surface area contributed by atoms with Crippen LogP contribution < -0.4 is 0 Å². The summed E-state index contributed by atoms with van der Waals surface area (Å²) in [5.74, 6) is 0.460. The molecule has 0 saturated carbocycles. The number of fused-ring (bicyclic) bond motifs is 1. The molecule has 3 aromatic rings. The average molecular weight is 364 g/mol. The molecular formula is C18H20N8O. The van der Waals surface area contributed by atoms with Crippen molar-refractivity contribution in [2.24, 2.45) is 0 Å². The van der Waals surface area contributed by atoms with E-state index < -0.39 is 0 Å². The highest BCUT2D eigenvalue weighted by Gasteiger charge is 2.31. The maximum Gasteiger partial charge on any atom is 0.259 e. The zero-order valence-corrected chi connectivity index (χ0v) is 14.8. The lowest BCUT2D eigenvalue weighted by molar-refractivity contribution is 0.0576. The molecule has 1 aromatic carbocycles. The molecule has 1 fully saturated rings. The van der Waals surface area contributed by atoms with E-state index in [4.69, 9.17) is 0 Å². The number of hydrogen-bond acceptors (Lipinski definition) is 6. The lowest BCUT2D eigenvalue weighted by Gasteiger charge is -2.38. The van der Waals surface area contributed by atoms with Crippen molar-refractivity contribution >= 4 is 5.91 Å². The second kappa shape index (κ2) is 6.58. The molecule has 0 bridgehead atoms.